The summed E-state index contributed by atoms with van der Waals surface area (Å²) >= 11 is 0. The van der Waals surface area contributed by atoms with Crippen molar-refractivity contribution in [3.63, 3.8) is 0 Å². The molecule has 3 N–H and O–H groups in total. The van der Waals surface area contributed by atoms with Crippen LogP contribution in [0.2, 0.25) is 0 Å². The lowest BCUT2D eigenvalue weighted by Gasteiger charge is -1.99. The van der Waals surface area contributed by atoms with Gasteiger partial charge in [0.05, 0.1) is 0 Å². The smallest absolute Gasteiger partial charge is 0.303 e. The van der Waals surface area contributed by atoms with Crippen LogP contribution in [0.1, 0.15) is 201 Å². The summed E-state index contributed by atoms with van der Waals surface area (Å²) in [6.45, 7) is 6.98. The molecular weight excluding hydrogens is 512 g/mol. The van der Waals surface area contributed by atoms with Crippen LogP contribution in [0.3, 0.4) is 0 Å². The molecule has 5 heteroatoms. The van der Waals surface area contributed by atoms with Crippen molar-refractivity contribution >= 4 is 11.9 Å². The molecule has 41 heavy (non-hydrogen) atoms. The Morgan fingerprint density at radius 3 is 0.976 bits per heavy atom. The third kappa shape index (κ3) is 55.3. The Balaban J connectivity index is -0.000000565. The molecule has 0 amide bonds. The standard InChI is InChI=1S/C18H36O.C10H20O2.C8H16O2/c1-2-3-4-5-6-7-8-9-10-11-12-13-14-15-16-17-18-19;1-2-3-4-5-6-7-8-9-10(11)12;1-2-3-4-5-6-7-8(9)10/h9-10,19H,2-8,11-18H2,1H3;2-9H2,1H3,(H,11,12);2-7H2,1H3,(H,9,10)/b10-9-;;. The summed E-state index contributed by atoms with van der Waals surface area (Å²) < 4.78 is 0. The minimum Gasteiger partial charge on any atom is -0.481 e. The van der Waals surface area contributed by atoms with Crippen LogP contribution in [0.15, 0.2) is 12.2 Å². The van der Waals surface area contributed by atoms with Crippen LogP contribution in [-0.2, 0) is 9.59 Å². The van der Waals surface area contributed by atoms with Crippen LogP contribution >= 0.6 is 0 Å². The van der Waals surface area contributed by atoms with Crippen molar-refractivity contribution in [1.29, 1.82) is 0 Å². The highest BCUT2D eigenvalue weighted by molar-refractivity contribution is 5.66. The Morgan fingerprint density at radius 2 is 0.683 bits per heavy atom. The van der Waals surface area contributed by atoms with Crippen molar-refractivity contribution in [2.45, 2.75) is 201 Å². The topological polar surface area (TPSA) is 94.8 Å². The highest BCUT2D eigenvalue weighted by atomic mass is 16.4. The van der Waals surface area contributed by atoms with Gasteiger partial charge in [-0.3, -0.25) is 9.59 Å². The first-order chi connectivity index (χ1) is 20.0. The number of hydrogen-bond acceptors (Lipinski definition) is 3. The second-order valence-corrected chi connectivity index (χ2v) is 11.5. The molecule has 0 bridgehead atoms. The molecule has 0 aromatic rings. The summed E-state index contributed by atoms with van der Waals surface area (Å²) in [6.07, 6.45) is 37.7. The van der Waals surface area contributed by atoms with Crippen molar-refractivity contribution < 1.29 is 24.9 Å². The first-order valence-electron chi connectivity index (χ1n) is 17.6. The van der Waals surface area contributed by atoms with E-state index in [0.29, 0.717) is 19.4 Å². The lowest BCUT2D eigenvalue weighted by molar-refractivity contribution is -0.138. The first kappa shape index (κ1) is 44.1. The molecule has 0 unspecified atom stereocenters. The van der Waals surface area contributed by atoms with Gasteiger partial charge < -0.3 is 15.3 Å². The number of carbonyl (C=O) groups is 2. The lowest BCUT2D eigenvalue weighted by atomic mass is 10.1. The molecule has 0 saturated heterocycles. The Bertz CT molecular complexity index is 518. The number of unbranched alkanes of at least 4 members (excludes halogenated alkanes) is 22. The molecule has 246 valence electrons. The fourth-order valence-electron chi connectivity index (χ4n) is 4.47. The Morgan fingerprint density at radius 1 is 0.415 bits per heavy atom. The van der Waals surface area contributed by atoms with Crippen molar-refractivity contribution in [2.24, 2.45) is 0 Å². The third-order valence-electron chi connectivity index (χ3n) is 7.16. The molecule has 0 radical (unpaired) electrons. The van der Waals surface area contributed by atoms with Gasteiger partial charge in [0.1, 0.15) is 0 Å². The van der Waals surface area contributed by atoms with E-state index in [2.05, 4.69) is 32.9 Å². The monoisotopic (exact) mass is 585 g/mol. The average molecular weight is 585 g/mol. The maximum atomic E-state index is 10.1. The zero-order chi connectivity index (χ0) is 31.1. The molecule has 0 atom stereocenters. The number of hydrogen-bond donors (Lipinski definition) is 3. The molecule has 0 spiro atoms. The van der Waals surface area contributed by atoms with Gasteiger partial charge in [-0.2, -0.15) is 0 Å². The zero-order valence-electron chi connectivity index (χ0n) is 27.8. The third-order valence-corrected chi connectivity index (χ3v) is 7.16. The van der Waals surface area contributed by atoms with Crippen molar-refractivity contribution in [3.05, 3.63) is 12.2 Å². The van der Waals surface area contributed by atoms with Crippen molar-refractivity contribution in [3.8, 4) is 0 Å². The minimum absolute atomic E-state index is 0.337. The predicted octanol–water partition coefficient (Wildman–Crippen LogP) is 11.7. The molecule has 0 aliphatic carbocycles. The Hall–Kier alpha value is -1.36. The number of carboxylic acid groups (broad SMARTS) is 2. The summed E-state index contributed by atoms with van der Waals surface area (Å²) in [6, 6.07) is 0. The number of aliphatic carboxylic acids is 2. The second kappa shape index (κ2) is 43.1. The molecule has 5 nitrogen and oxygen atoms in total. The van der Waals surface area contributed by atoms with Gasteiger partial charge in [-0.1, -0.05) is 155 Å². The van der Waals surface area contributed by atoms with Gasteiger partial charge in [0.15, 0.2) is 0 Å². The first-order valence-corrected chi connectivity index (χ1v) is 17.6. The van der Waals surface area contributed by atoms with Crippen LogP contribution < -0.4 is 0 Å². The fraction of sp³-hybridized carbons (Fsp3) is 0.889. The van der Waals surface area contributed by atoms with E-state index in [1.165, 1.54) is 135 Å². The molecular formula is C36H72O5. The van der Waals surface area contributed by atoms with E-state index in [1.54, 1.807) is 0 Å². The van der Waals surface area contributed by atoms with E-state index in [0.717, 1.165) is 32.1 Å². The van der Waals surface area contributed by atoms with Gasteiger partial charge in [-0.15, -0.1) is 0 Å². The van der Waals surface area contributed by atoms with Crippen molar-refractivity contribution in [1.82, 2.24) is 0 Å². The molecule has 0 aliphatic heterocycles. The average Bonchev–Trinajstić information content (AvgIpc) is 2.95. The van der Waals surface area contributed by atoms with E-state index >= 15 is 0 Å². The van der Waals surface area contributed by atoms with Crippen LogP contribution in [0.25, 0.3) is 0 Å². The molecule has 0 heterocycles. The number of allylic oxidation sites excluding steroid dienone is 2. The van der Waals surface area contributed by atoms with Gasteiger partial charge in [0, 0.05) is 19.4 Å². The van der Waals surface area contributed by atoms with Crippen LogP contribution in [0, 0.1) is 0 Å². The van der Waals surface area contributed by atoms with Gasteiger partial charge in [-0.05, 0) is 44.9 Å². The largest absolute Gasteiger partial charge is 0.481 e. The number of carboxylic acids is 2. The number of aliphatic hydroxyl groups excluding tert-OH is 1. The van der Waals surface area contributed by atoms with Gasteiger partial charge >= 0.3 is 11.9 Å². The van der Waals surface area contributed by atoms with Crippen molar-refractivity contribution in [2.75, 3.05) is 6.61 Å². The molecule has 0 fully saturated rings. The summed E-state index contributed by atoms with van der Waals surface area (Å²) in [5, 5.41) is 25.3. The molecule has 0 aromatic carbocycles. The Kier molecular flexibility index (Phi) is 46.3. The maximum absolute atomic E-state index is 10.1. The Labute approximate surface area is 256 Å². The van der Waals surface area contributed by atoms with E-state index in [9.17, 15) is 9.59 Å². The summed E-state index contributed by atoms with van der Waals surface area (Å²) in [5.41, 5.74) is 0. The SMILES string of the molecule is CCCCCCCC(=O)O.CCCCCCCC/C=C\CCCCCCCCO.CCCCCCCCCC(=O)O. The van der Waals surface area contributed by atoms with Crippen LogP contribution in [-0.4, -0.2) is 33.9 Å². The van der Waals surface area contributed by atoms with Gasteiger partial charge in [-0.25, -0.2) is 0 Å². The molecule has 0 rings (SSSR count). The van der Waals surface area contributed by atoms with E-state index < -0.39 is 11.9 Å². The highest BCUT2D eigenvalue weighted by Crippen LogP contribution is 2.10. The fourth-order valence-corrected chi connectivity index (χ4v) is 4.47. The highest BCUT2D eigenvalue weighted by Gasteiger charge is 1.96. The molecule has 0 aliphatic rings. The minimum atomic E-state index is -0.670. The van der Waals surface area contributed by atoms with Crippen LogP contribution in [0.4, 0.5) is 0 Å². The van der Waals surface area contributed by atoms with Crippen LogP contribution in [0.5, 0.6) is 0 Å². The lowest BCUT2D eigenvalue weighted by Crippen LogP contribution is -1.93. The molecule has 0 saturated carbocycles. The summed E-state index contributed by atoms with van der Waals surface area (Å²) in [5.74, 6) is -1.33. The normalized spacial score (nSPS) is 10.6. The molecule has 0 aromatic heterocycles. The second-order valence-electron chi connectivity index (χ2n) is 11.5. The number of rotatable bonds is 29. The van der Waals surface area contributed by atoms with E-state index in [1.807, 2.05) is 0 Å². The quantitative estimate of drug-likeness (QED) is 0.0600. The summed E-state index contributed by atoms with van der Waals surface area (Å²) in [4.78, 5) is 20.2. The summed E-state index contributed by atoms with van der Waals surface area (Å²) in [7, 11) is 0. The van der Waals surface area contributed by atoms with E-state index in [-0.39, 0.29) is 0 Å². The van der Waals surface area contributed by atoms with E-state index in [4.69, 9.17) is 15.3 Å². The number of aliphatic hydroxyl groups is 1. The predicted molar refractivity (Wildman–Crippen MR) is 178 cm³/mol. The van der Waals surface area contributed by atoms with Gasteiger partial charge in [0.25, 0.3) is 0 Å². The van der Waals surface area contributed by atoms with Gasteiger partial charge in [0.2, 0.25) is 0 Å². The zero-order valence-corrected chi connectivity index (χ0v) is 27.8. The maximum Gasteiger partial charge on any atom is 0.303 e.